The van der Waals surface area contributed by atoms with E-state index in [0.717, 1.165) is 5.56 Å². The highest BCUT2D eigenvalue weighted by Crippen LogP contribution is 2.27. The van der Waals surface area contributed by atoms with Crippen molar-refractivity contribution in [3.8, 4) is 0 Å². The van der Waals surface area contributed by atoms with Gasteiger partial charge >= 0.3 is 0 Å². The Morgan fingerprint density at radius 3 is 2.81 bits per heavy atom. The molecule has 2 N–H and O–H groups in total. The van der Waals surface area contributed by atoms with Gasteiger partial charge in [-0.2, -0.15) is 0 Å². The lowest BCUT2D eigenvalue weighted by Gasteiger charge is -2.35. The molecule has 0 saturated carbocycles. The van der Waals surface area contributed by atoms with Crippen LogP contribution in [0.5, 0.6) is 0 Å². The van der Waals surface area contributed by atoms with Crippen LogP contribution in [0.3, 0.4) is 0 Å². The van der Waals surface area contributed by atoms with Crippen molar-refractivity contribution >= 4 is 17.5 Å². The van der Waals surface area contributed by atoms with Crippen molar-refractivity contribution in [2.75, 3.05) is 11.4 Å². The van der Waals surface area contributed by atoms with Crippen LogP contribution in [0.1, 0.15) is 26.3 Å². The molecule has 1 aliphatic heterocycles. The van der Waals surface area contributed by atoms with E-state index in [2.05, 4.69) is 10.6 Å². The van der Waals surface area contributed by atoms with Crippen molar-refractivity contribution in [1.29, 1.82) is 0 Å². The van der Waals surface area contributed by atoms with Gasteiger partial charge in [-0.05, 0) is 18.6 Å². The van der Waals surface area contributed by atoms with Gasteiger partial charge in [-0.25, -0.2) is 4.39 Å². The number of para-hydroxylation sites is 1. The molecule has 1 aliphatic rings. The third-order valence-electron chi connectivity index (χ3n) is 3.48. The van der Waals surface area contributed by atoms with Gasteiger partial charge in [-0.1, -0.05) is 26.0 Å². The third-order valence-corrected chi connectivity index (χ3v) is 3.48. The Hall–Kier alpha value is -1.95. The Labute approximate surface area is 123 Å². The number of nitrogens with zero attached hydrogens (tertiary/aromatic N) is 1. The molecular weight excluding hydrogens is 273 g/mol. The van der Waals surface area contributed by atoms with Crippen LogP contribution in [0, 0.1) is 5.82 Å². The molecular formula is C15H20FN3O2. The van der Waals surface area contributed by atoms with Crippen LogP contribution in [0.4, 0.5) is 10.1 Å². The summed E-state index contributed by atoms with van der Waals surface area (Å²) in [6, 6.07) is 4.45. The molecule has 0 spiro atoms. The maximum Gasteiger partial charge on any atom is 0.249 e. The predicted molar refractivity (Wildman–Crippen MR) is 78.3 cm³/mol. The largest absolute Gasteiger partial charge is 0.348 e. The molecule has 0 aromatic heterocycles. The van der Waals surface area contributed by atoms with E-state index in [1.165, 1.54) is 11.0 Å². The summed E-state index contributed by atoms with van der Waals surface area (Å²) < 4.78 is 14.3. The van der Waals surface area contributed by atoms with E-state index in [9.17, 15) is 14.0 Å². The molecule has 1 heterocycles. The number of imide groups is 1. The maximum absolute atomic E-state index is 14.3. The highest BCUT2D eigenvalue weighted by atomic mass is 19.1. The number of anilines is 1. The van der Waals surface area contributed by atoms with Gasteiger partial charge in [0.25, 0.3) is 0 Å². The SMILES string of the molecule is CC(C)NCc1cccc(F)c1N1CC(=O)NC(=O)C1C. The Morgan fingerprint density at radius 2 is 2.14 bits per heavy atom. The number of hydrogen-bond donors (Lipinski definition) is 2. The fourth-order valence-corrected chi connectivity index (χ4v) is 2.33. The second-order valence-electron chi connectivity index (χ2n) is 5.50. The third kappa shape index (κ3) is 3.39. The lowest BCUT2D eigenvalue weighted by molar-refractivity contribution is -0.132. The Kier molecular flexibility index (Phi) is 4.57. The van der Waals surface area contributed by atoms with Crippen molar-refractivity contribution in [3.63, 3.8) is 0 Å². The molecule has 1 atom stereocenters. The number of carbonyl (C=O) groups excluding carboxylic acids is 2. The number of benzene rings is 1. The van der Waals surface area contributed by atoms with E-state index in [4.69, 9.17) is 0 Å². The molecule has 1 unspecified atom stereocenters. The molecule has 1 saturated heterocycles. The van der Waals surface area contributed by atoms with E-state index < -0.39 is 23.7 Å². The van der Waals surface area contributed by atoms with E-state index >= 15 is 0 Å². The lowest BCUT2D eigenvalue weighted by atomic mass is 10.1. The summed E-state index contributed by atoms with van der Waals surface area (Å²) in [4.78, 5) is 24.9. The van der Waals surface area contributed by atoms with Crippen molar-refractivity contribution in [1.82, 2.24) is 10.6 Å². The first-order valence-corrected chi connectivity index (χ1v) is 7.01. The van der Waals surface area contributed by atoms with Gasteiger partial charge in [0, 0.05) is 12.6 Å². The van der Waals surface area contributed by atoms with Crippen LogP contribution in [0.25, 0.3) is 0 Å². The van der Waals surface area contributed by atoms with Crippen LogP contribution in [-0.2, 0) is 16.1 Å². The number of hydrogen-bond acceptors (Lipinski definition) is 4. The fraction of sp³-hybridized carbons (Fsp3) is 0.467. The summed E-state index contributed by atoms with van der Waals surface area (Å²) in [5, 5.41) is 5.49. The zero-order valence-electron chi connectivity index (χ0n) is 12.4. The van der Waals surface area contributed by atoms with E-state index in [1.807, 2.05) is 13.8 Å². The van der Waals surface area contributed by atoms with E-state index in [-0.39, 0.29) is 12.6 Å². The Balaban J connectivity index is 2.36. The minimum absolute atomic E-state index is 0.0253. The molecule has 6 heteroatoms. The molecule has 21 heavy (non-hydrogen) atoms. The van der Waals surface area contributed by atoms with E-state index in [0.29, 0.717) is 12.2 Å². The van der Waals surface area contributed by atoms with Crippen molar-refractivity contribution < 1.29 is 14.0 Å². The van der Waals surface area contributed by atoms with Crippen LogP contribution in [0.15, 0.2) is 18.2 Å². The predicted octanol–water partition coefficient (Wildman–Crippen LogP) is 1.18. The highest BCUT2D eigenvalue weighted by Gasteiger charge is 2.32. The molecule has 0 aliphatic carbocycles. The average Bonchev–Trinajstić information content (AvgIpc) is 2.41. The van der Waals surface area contributed by atoms with Gasteiger partial charge in [-0.3, -0.25) is 14.9 Å². The summed E-state index contributed by atoms with van der Waals surface area (Å²) in [5.41, 5.74) is 1.06. The zero-order valence-corrected chi connectivity index (χ0v) is 12.4. The number of piperazine rings is 1. The number of amides is 2. The monoisotopic (exact) mass is 293 g/mol. The Morgan fingerprint density at radius 1 is 1.43 bits per heavy atom. The quantitative estimate of drug-likeness (QED) is 0.818. The summed E-state index contributed by atoms with van der Waals surface area (Å²) in [7, 11) is 0. The van der Waals surface area contributed by atoms with Crippen molar-refractivity contribution in [2.45, 2.75) is 39.4 Å². The number of halogens is 1. The number of nitrogens with one attached hydrogen (secondary N) is 2. The van der Waals surface area contributed by atoms with Gasteiger partial charge in [-0.15, -0.1) is 0 Å². The molecule has 0 bridgehead atoms. The maximum atomic E-state index is 14.3. The van der Waals surface area contributed by atoms with Crippen molar-refractivity contribution in [3.05, 3.63) is 29.6 Å². The minimum Gasteiger partial charge on any atom is -0.348 e. The first kappa shape index (κ1) is 15.4. The molecule has 2 amide bonds. The van der Waals surface area contributed by atoms with Gasteiger partial charge < -0.3 is 10.2 Å². The zero-order chi connectivity index (χ0) is 15.6. The summed E-state index contributed by atoms with van der Waals surface area (Å²) in [6.07, 6.45) is 0. The first-order valence-electron chi connectivity index (χ1n) is 7.01. The number of carbonyl (C=O) groups is 2. The van der Waals surface area contributed by atoms with Crippen LogP contribution in [0.2, 0.25) is 0 Å². The van der Waals surface area contributed by atoms with Crippen LogP contribution >= 0.6 is 0 Å². The van der Waals surface area contributed by atoms with Crippen LogP contribution in [-0.4, -0.2) is 30.4 Å². The molecule has 2 rings (SSSR count). The molecule has 114 valence electrons. The second-order valence-corrected chi connectivity index (χ2v) is 5.50. The minimum atomic E-state index is -0.586. The van der Waals surface area contributed by atoms with Gasteiger partial charge in [0.15, 0.2) is 0 Å². The van der Waals surface area contributed by atoms with E-state index in [1.54, 1.807) is 19.1 Å². The normalized spacial score (nSPS) is 19.1. The standard InChI is InChI=1S/C15H20FN3O2/c1-9(2)17-7-11-5-4-6-12(16)14(11)19-8-13(20)18-15(21)10(19)3/h4-6,9-10,17H,7-8H2,1-3H3,(H,18,20,21). The van der Waals surface area contributed by atoms with Gasteiger partial charge in [0.2, 0.25) is 11.8 Å². The number of rotatable bonds is 4. The molecule has 0 radical (unpaired) electrons. The lowest BCUT2D eigenvalue weighted by Crippen LogP contribution is -2.57. The highest BCUT2D eigenvalue weighted by molar-refractivity contribution is 6.04. The Bertz CT molecular complexity index is 560. The molecule has 1 aromatic carbocycles. The first-order chi connectivity index (χ1) is 9.90. The van der Waals surface area contributed by atoms with Gasteiger partial charge in [0.1, 0.15) is 11.9 Å². The second kappa shape index (κ2) is 6.22. The average molecular weight is 293 g/mol. The summed E-state index contributed by atoms with van der Waals surface area (Å²) in [6.45, 7) is 6.11. The summed E-state index contributed by atoms with van der Waals surface area (Å²) in [5.74, 6) is -1.24. The molecule has 1 aromatic rings. The fourth-order valence-electron chi connectivity index (χ4n) is 2.33. The van der Waals surface area contributed by atoms with Gasteiger partial charge in [0.05, 0.1) is 12.2 Å². The van der Waals surface area contributed by atoms with Crippen LogP contribution < -0.4 is 15.5 Å². The smallest absolute Gasteiger partial charge is 0.249 e. The topological polar surface area (TPSA) is 61.4 Å². The molecule has 5 nitrogen and oxygen atoms in total. The molecule has 1 fully saturated rings. The summed E-state index contributed by atoms with van der Waals surface area (Å²) >= 11 is 0. The van der Waals surface area contributed by atoms with Crippen molar-refractivity contribution in [2.24, 2.45) is 0 Å².